The van der Waals surface area contributed by atoms with Gasteiger partial charge in [-0.2, -0.15) is 0 Å². The Morgan fingerprint density at radius 1 is 1.15 bits per heavy atom. The predicted octanol–water partition coefficient (Wildman–Crippen LogP) is 0.718. The number of carbonyl (C=O) groups excluding carboxylic acids is 1. The lowest BCUT2D eigenvalue weighted by molar-refractivity contribution is -0.0299. The molecule has 3 aromatic rings. The molecule has 0 radical (unpaired) electrons. The number of nitrogens with zero attached hydrogens (tertiary/aromatic N) is 4. The summed E-state index contributed by atoms with van der Waals surface area (Å²) in [6.07, 6.45) is -0.723. The first-order valence-corrected chi connectivity index (χ1v) is 8.12. The highest BCUT2D eigenvalue weighted by atomic mass is 16.6. The van der Waals surface area contributed by atoms with Gasteiger partial charge in [-0.25, -0.2) is 15.0 Å². The van der Waals surface area contributed by atoms with Gasteiger partial charge >= 0.3 is 0 Å². The van der Waals surface area contributed by atoms with E-state index in [1.54, 1.807) is 31.2 Å². The molecule has 2 aromatic heterocycles. The summed E-state index contributed by atoms with van der Waals surface area (Å²) in [4.78, 5) is 24.9. The van der Waals surface area contributed by atoms with Crippen molar-refractivity contribution in [3.05, 3.63) is 48.5 Å². The molecule has 4 rings (SSSR count). The molecule has 0 bridgehead atoms. The Kier molecular flexibility index (Phi) is 4.11. The van der Waals surface area contributed by atoms with Gasteiger partial charge in [0, 0.05) is 5.56 Å². The van der Waals surface area contributed by atoms with E-state index in [1.165, 1.54) is 17.2 Å². The van der Waals surface area contributed by atoms with E-state index in [-0.39, 0.29) is 11.7 Å². The fourth-order valence-electron chi connectivity index (χ4n) is 2.96. The maximum absolute atomic E-state index is 12.4. The van der Waals surface area contributed by atoms with Gasteiger partial charge in [0.15, 0.2) is 23.2 Å². The van der Waals surface area contributed by atoms with E-state index < -0.39 is 24.5 Å². The van der Waals surface area contributed by atoms with Crippen LogP contribution in [0.15, 0.2) is 43.0 Å². The quantitative estimate of drug-likeness (QED) is 0.632. The van der Waals surface area contributed by atoms with Crippen molar-refractivity contribution in [2.75, 3.05) is 5.32 Å². The molecule has 0 spiro atoms. The van der Waals surface area contributed by atoms with Crippen molar-refractivity contribution in [3.63, 3.8) is 0 Å². The van der Waals surface area contributed by atoms with Crippen molar-refractivity contribution in [1.82, 2.24) is 19.5 Å². The van der Waals surface area contributed by atoms with Crippen molar-refractivity contribution in [1.29, 1.82) is 0 Å². The normalized spacial score (nSPS) is 25.5. The Hall–Kier alpha value is -2.88. The summed E-state index contributed by atoms with van der Waals surface area (Å²) < 4.78 is 7.12. The second-order valence-corrected chi connectivity index (χ2v) is 6.08. The van der Waals surface area contributed by atoms with Crippen LogP contribution < -0.4 is 5.32 Å². The third-order valence-corrected chi connectivity index (χ3v) is 4.38. The first kappa shape index (κ1) is 16.6. The number of aliphatic hydroxyl groups is 2. The fourth-order valence-corrected chi connectivity index (χ4v) is 2.96. The second kappa shape index (κ2) is 6.45. The highest BCUT2D eigenvalue weighted by Gasteiger charge is 2.42. The summed E-state index contributed by atoms with van der Waals surface area (Å²) in [7, 11) is 0. The number of hydrogen-bond acceptors (Lipinski definition) is 7. The predicted molar refractivity (Wildman–Crippen MR) is 91.3 cm³/mol. The molecule has 1 aromatic carbocycles. The molecule has 1 aliphatic heterocycles. The number of rotatable bonds is 3. The summed E-state index contributed by atoms with van der Waals surface area (Å²) >= 11 is 0. The maximum Gasteiger partial charge on any atom is 0.256 e. The monoisotopic (exact) mass is 355 g/mol. The highest BCUT2D eigenvalue weighted by molar-refractivity contribution is 6.06. The van der Waals surface area contributed by atoms with Crippen LogP contribution in [0.3, 0.4) is 0 Å². The van der Waals surface area contributed by atoms with Crippen LogP contribution in [0.1, 0.15) is 23.5 Å². The number of anilines is 1. The van der Waals surface area contributed by atoms with E-state index >= 15 is 0 Å². The van der Waals surface area contributed by atoms with Gasteiger partial charge in [-0.3, -0.25) is 9.36 Å². The number of carbonyl (C=O) groups is 1. The Morgan fingerprint density at radius 2 is 1.92 bits per heavy atom. The molecule has 9 nitrogen and oxygen atoms in total. The second-order valence-electron chi connectivity index (χ2n) is 6.08. The van der Waals surface area contributed by atoms with Crippen LogP contribution in [0.25, 0.3) is 11.2 Å². The minimum absolute atomic E-state index is 0.253. The lowest BCUT2D eigenvalue weighted by Crippen LogP contribution is -2.30. The van der Waals surface area contributed by atoms with Gasteiger partial charge in [-0.1, -0.05) is 18.2 Å². The molecule has 1 amide bonds. The number of imidazole rings is 1. The van der Waals surface area contributed by atoms with Crippen LogP contribution in [-0.4, -0.2) is 54.0 Å². The lowest BCUT2D eigenvalue weighted by Gasteiger charge is -2.16. The number of fused-ring (bicyclic) bond motifs is 1. The van der Waals surface area contributed by atoms with Gasteiger partial charge in [-0.15, -0.1) is 0 Å². The van der Waals surface area contributed by atoms with Gasteiger partial charge < -0.3 is 20.3 Å². The lowest BCUT2D eigenvalue weighted by atomic mass is 10.1. The molecule has 134 valence electrons. The number of benzene rings is 1. The summed E-state index contributed by atoms with van der Waals surface area (Å²) in [6.45, 7) is 1.67. The zero-order valence-corrected chi connectivity index (χ0v) is 13.9. The number of hydrogen-bond donors (Lipinski definition) is 3. The van der Waals surface area contributed by atoms with E-state index in [1.807, 2.05) is 6.07 Å². The molecule has 9 heteroatoms. The number of ether oxygens (including phenoxy) is 1. The van der Waals surface area contributed by atoms with Crippen LogP contribution >= 0.6 is 0 Å². The largest absolute Gasteiger partial charge is 0.388 e. The Morgan fingerprint density at radius 3 is 2.62 bits per heavy atom. The minimum Gasteiger partial charge on any atom is -0.388 e. The summed E-state index contributed by atoms with van der Waals surface area (Å²) in [5, 5.41) is 22.8. The minimum atomic E-state index is -1.11. The Labute approximate surface area is 148 Å². The number of nitrogens with one attached hydrogen (secondary N) is 1. The van der Waals surface area contributed by atoms with Gasteiger partial charge in [0.05, 0.1) is 12.4 Å². The van der Waals surface area contributed by atoms with Crippen molar-refractivity contribution >= 4 is 22.9 Å². The molecule has 3 N–H and O–H groups in total. The zero-order valence-electron chi connectivity index (χ0n) is 13.9. The van der Waals surface area contributed by atoms with Gasteiger partial charge in [0.1, 0.15) is 18.5 Å². The smallest absolute Gasteiger partial charge is 0.256 e. The van der Waals surface area contributed by atoms with E-state index in [4.69, 9.17) is 4.74 Å². The molecule has 0 saturated carbocycles. The molecule has 1 saturated heterocycles. The van der Waals surface area contributed by atoms with Gasteiger partial charge in [-0.05, 0) is 19.1 Å². The standard InChI is InChI=1S/C17H17N5O4/c1-9-12(23)13(24)17(26-9)22-8-20-11-14(18-7-19-15(11)22)21-16(25)10-5-3-2-4-6-10/h2-9,12-13,17,23-24H,1H3,(H,18,19,21,25)/t9-,12-,13-,17-/m1/s1. The molecule has 1 aliphatic rings. The SMILES string of the molecule is C[C@H]1O[C@@H](n2cnc3c(NC(=O)c4ccccc4)ncnc32)[C@H](O)[C@@H]1O. The van der Waals surface area contributed by atoms with Gasteiger partial charge in [0.25, 0.3) is 5.91 Å². The molecule has 4 atom stereocenters. The average Bonchev–Trinajstić information content (AvgIpc) is 3.20. The Balaban J connectivity index is 1.67. The first-order chi connectivity index (χ1) is 12.6. The van der Waals surface area contributed by atoms with Crippen molar-refractivity contribution in [3.8, 4) is 0 Å². The molecule has 1 fully saturated rings. The first-order valence-electron chi connectivity index (χ1n) is 8.12. The van der Waals surface area contributed by atoms with Crippen molar-refractivity contribution < 1.29 is 19.7 Å². The van der Waals surface area contributed by atoms with E-state index in [0.29, 0.717) is 16.7 Å². The van der Waals surface area contributed by atoms with Crippen molar-refractivity contribution in [2.24, 2.45) is 0 Å². The van der Waals surface area contributed by atoms with Crippen LogP contribution in [0.4, 0.5) is 5.82 Å². The zero-order chi connectivity index (χ0) is 18.3. The summed E-state index contributed by atoms with van der Waals surface area (Å²) in [5.41, 5.74) is 1.24. The molecule has 3 heterocycles. The van der Waals surface area contributed by atoms with Crippen molar-refractivity contribution in [2.45, 2.75) is 31.5 Å². The summed E-state index contributed by atoms with van der Waals surface area (Å²) in [6, 6.07) is 8.74. The third kappa shape index (κ3) is 2.71. The van der Waals surface area contributed by atoms with Crippen LogP contribution in [0, 0.1) is 0 Å². The van der Waals surface area contributed by atoms with Crippen LogP contribution in [0.2, 0.25) is 0 Å². The molecule has 26 heavy (non-hydrogen) atoms. The van der Waals surface area contributed by atoms with E-state index in [0.717, 1.165) is 0 Å². The van der Waals surface area contributed by atoms with Crippen LogP contribution in [0.5, 0.6) is 0 Å². The average molecular weight is 355 g/mol. The molecule has 0 aliphatic carbocycles. The molecular formula is C17H17N5O4. The number of aromatic nitrogens is 4. The maximum atomic E-state index is 12.4. The van der Waals surface area contributed by atoms with E-state index in [9.17, 15) is 15.0 Å². The molecule has 0 unspecified atom stereocenters. The third-order valence-electron chi connectivity index (χ3n) is 4.38. The van der Waals surface area contributed by atoms with Gasteiger partial charge in [0.2, 0.25) is 0 Å². The number of aliphatic hydroxyl groups excluding tert-OH is 2. The Bertz CT molecular complexity index is 945. The summed E-state index contributed by atoms with van der Waals surface area (Å²) in [5.74, 6) is -0.0648. The molecular weight excluding hydrogens is 338 g/mol. The van der Waals surface area contributed by atoms with E-state index in [2.05, 4.69) is 20.3 Å². The fraction of sp³-hybridized carbons (Fsp3) is 0.294. The highest BCUT2D eigenvalue weighted by Crippen LogP contribution is 2.31. The number of amides is 1. The van der Waals surface area contributed by atoms with Crippen LogP contribution in [-0.2, 0) is 4.74 Å². The topological polar surface area (TPSA) is 122 Å².